The molecule has 6 rings (SSSR count). The van der Waals surface area contributed by atoms with Gasteiger partial charge in [0, 0.05) is 49.7 Å². The molecule has 0 radical (unpaired) electrons. The fourth-order valence-corrected chi connectivity index (χ4v) is 6.41. The fourth-order valence-electron chi connectivity index (χ4n) is 6.16. The van der Waals surface area contributed by atoms with Gasteiger partial charge in [0.05, 0.1) is 41.1 Å². The van der Waals surface area contributed by atoms with Gasteiger partial charge in [0.2, 0.25) is 5.91 Å². The molecule has 1 aromatic carbocycles. The number of pyridine rings is 1. The molecule has 3 fully saturated rings. The number of anilines is 2. The van der Waals surface area contributed by atoms with Crippen LogP contribution in [0.4, 0.5) is 24.8 Å². The molecule has 2 N–H and O–H groups in total. The second kappa shape index (κ2) is 12.0. The van der Waals surface area contributed by atoms with E-state index in [0.717, 1.165) is 25.1 Å². The number of fused-ring (bicyclic) bond motifs is 1. The molecule has 2 atom stereocenters. The summed E-state index contributed by atoms with van der Waals surface area (Å²) in [6, 6.07) is 5.63. The zero-order chi connectivity index (χ0) is 31.2. The predicted octanol–water partition coefficient (Wildman–Crippen LogP) is 4.27. The Bertz CT molecular complexity index is 1580. The summed E-state index contributed by atoms with van der Waals surface area (Å²) in [7, 11) is 0. The summed E-state index contributed by atoms with van der Waals surface area (Å²) in [5.41, 5.74) is 4.83. The molecule has 3 aliphatic rings. The molecule has 0 spiro atoms. The van der Waals surface area contributed by atoms with Crippen molar-refractivity contribution in [3.05, 3.63) is 47.5 Å². The lowest BCUT2D eigenvalue weighted by atomic mass is 10.0. The fraction of sp³-hybridized carbons (Fsp3) is 0.467. The van der Waals surface area contributed by atoms with E-state index in [0.29, 0.717) is 74.7 Å². The highest BCUT2D eigenvalue weighted by atomic mass is 35.5. The van der Waals surface area contributed by atoms with Crippen LogP contribution in [0, 0.1) is 5.92 Å². The topological polar surface area (TPSA) is 110 Å². The number of amides is 1. The van der Waals surface area contributed by atoms with Gasteiger partial charge in [0.15, 0.2) is 0 Å². The van der Waals surface area contributed by atoms with Gasteiger partial charge in [0.1, 0.15) is 18.2 Å². The smallest absolute Gasteiger partial charge is 0.418 e. The maximum Gasteiger partial charge on any atom is 0.418 e. The van der Waals surface area contributed by atoms with E-state index in [4.69, 9.17) is 31.8 Å². The summed E-state index contributed by atoms with van der Waals surface area (Å²) < 4.78 is 53.5. The number of likely N-dealkylation sites (tertiary alicyclic amines) is 1. The molecule has 0 bridgehead atoms. The van der Waals surface area contributed by atoms with Crippen molar-refractivity contribution in [1.29, 1.82) is 0 Å². The van der Waals surface area contributed by atoms with Gasteiger partial charge >= 0.3 is 12.2 Å². The minimum Gasteiger partial charge on any atom is -0.462 e. The molecular weight excluding hydrogens is 599 g/mol. The van der Waals surface area contributed by atoms with Crippen molar-refractivity contribution in [2.75, 3.05) is 63.2 Å². The summed E-state index contributed by atoms with van der Waals surface area (Å²) >= 11 is 6.64. The normalized spacial score (nSPS) is 21.5. The highest BCUT2D eigenvalue weighted by Gasteiger charge is 2.38. The Balaban J connectivity index is 1.39. The maximum absolute atomic E-state index is 14.0. The predicted molar refractivity (Wildman–Crippen MR) is 161 cm³/mol. The number of nitrogens with two attached hydrogens (primary N) is 1. The zero-order valence-corrected chi connectivity index (χ0v) is 24.9. The quantitative estimate of drug-likeness (QED) is 0.382. The Morgan fingerprint density at radius 2 is 1.93 bits per heavy atom. The first-order valence-electron chi connectivity index (χ1n) is 14.5. The SMILES string of the molecule is C=CC(=O)N1CCN(c2nc(OC[C@@H]3CC(C)CN3C3COC3)nc3cc(-c4nc(N)ccc4C(F)(F)F)c(Cl)cc23)CC1. The number of nitrogen functional groups attached to an aromatic ring is 1. The Hall–Kier alpha value is -3.68. The number of nitrogens with zero attached hydrogens (tertiary/aromatic N) is 6. The number of hydrogen-bond acceptors (Lipinski definition) is 9. The third kappa shape index (κ3) is 6.00. The highest BCUT2D eigenvalue weighted by Crippen LogP contribution is 2.41. The van der Waals surface area contributed by atoms with Crippen LogP contribution >= 0.6 is 11.6 Å². The maximum atomic E-state index is 14.0. The number of piperazine rings is 1. The summed E-state index contributed by atoms with van der Waals surface area (Å²) in [6.07, 6.45) is -2.44. The van der Waals surface area contributed by atoms with E-state index >= 15 is 0 Å². The minimum absolute atomic E-state index is 0.0385. The van der Waals surface area contributed by atoms with E-state index in [1.807, 2.05) is 4.90 Å². The van der Waals surface area contributed by atoms with Crippen LogP contribution < -0.4 is 15.4 Å². The molecular formula is C30H33ClF3N7O3. The molecule has 3 aliphatic heterocycles. The molecule has 0 aliphatic carbocycles. The van der Waals surface area contributed by atoms with Crippen LogP contribution in [0.2, 0.25) is 5.02 Å². The van der Waals surface area contributed by atoms with Crippen molar-refractivity contribution in [2.45, 2.75) is 31.6 Å². The monoisotopic (exact) mass is 631 g/mol. The average Bonchev–Trinajstić information content (AvgIpc) is 3.32. The van der Waals surface area contributed by atoms with Crippen molar-refractivity contribution in [3.8, 4) is 17.3 Å². The number of halogens is 4. The lowest BCUT2D eigenvalue weighted by Gasteiger charge is -2.38. The van der Waals surface area contributed by atoms with Crippen molar-refractivity contribution >= 4 is 40.0 Å². The first-order chi connectivity index (χ1) is 21.0. The van der Waals surface area contributed by atoms with Gasteiger partial charge in [-0.25, -0.2) is 4.98 Å². The van der Waals surface area contributed by atoms with Gasteiger partial charge in [-0.05, 0) is 42.7 Å². The number of hydrogen-bond donors (Lipinski definition) is 1. The van der Waals surface area contributed by atoms with Crippen molar-refractivity contribution in [1.82, 2.24) is 24.8 Å². The number of carbonyl (C=O) groups is 1. The number of carbonyl (C=O) groups excluding carboxylic acids is 1. The summed E-state index contributed by atoms with van der Waals surface area (Å²) in [5, 5.41) is 0.577. The first kappa shape index (κ1) is 30.4. The van der Waals surface area contributed by atoms with Crippen LogP contribution in [0.15, 0.2) is 36.9 Å². The van der Waals surface area contributed by atoms with E-state index < -0.39 is 11.7 Å². The van der Waals surface area contributed by atoms with Crippen LogP contribution in [-0.4, -0.2) is 95.3 Å². The van der Waals surface area contributed by atoms with Gasteiger partial charge in [-0.1, -0.05) is 25.1 Å². The number of ether oxygens (including phenoxy) is 2. The minimum atomic E-state index is -4.68. The van der Waals surface area contributed by atoms with Crippen LogP contribution in [0.25, 0.3) is 22.2 Å². The molecule has 2 aromatic heterocycles. The number of aromatic nitrogens is 3. The molecule has 1 amide bonds. The van der Waals surface area contributed by atoms with Gasteiger partial charge in [-0.2, -0.15) is 23.1 Å². The summed E-state index contributed by atoms with van der Waals surface area (Å²) in [4.78, 5) is 31.7. The number of rotatable bonds is 7. The Kier molecular flexibility index (Phi) is 8.29. The number of benzene rings is 1. The van der Waals surface area contributed by atoms with Crippen LogP contribution in [-0.2, 0) is 15.7 Å². The van der Waals surface area contributed by atoms with Crippen molar-refractivity contribution < 1.29 is 27.4 Å². The van der Waals surface area contributed by atoms with E-state index in [9.17, 15) is 18.0 Å². The molecule has 5 heterocycles. The molecule has 234 valence electrons. The van der Waals surface area contributed by atoms with Gasteiger partial charge < -0.3 is 25.0 Å². The second-order valence-corrected chi connectivity index (χ2v) is 11.9. The average molecular weight is 632 g/mol. The van der Waals surface area contributed by atoms with Crippen molar-refractivity contribution in [3.63, 3.8) is 0 Å². The highest BCUT2D eigenvalue weighted by molar-refractivity contribution is 6.34. The van der Waals surface area contributed by atoms with Crippen molar-refractivity contribution in [2.24, 2.45) is 5.92 Å². The Morgan fingerprint density at radius 3 is 2.59 bits per heavy atom. The standard InChI is InChI=1S/C30H33ClF3N7O3/c1-3-26(42)39-6-8-40(9-7-39)28-21-11-23(31)20(27-22(30(32,33)34)4-5-25(35)37-27)12-24(21)36-29(38-28)44-16-18-10-17(2)13-41(18)19-14-43-15-19/h3-5,11-12,17-19H,1,6-10,13-16H2,2H3,(H2,35,37)/t17?,18-/m0/s1. The lowest BCUT2D eigenvalue weighted by molar-refractivity contribution is -0.137. The van der Waals surface area contributed by atoms with E-state index in [-0.39, 0.29) is 40.1 Å². The Labute approximate surface area is 257 Å². The van der Waals surface area contributed by atoms with E-state index in [2.05, 4.69) is 28.4 Å². The summed E-state index contributed by atoms with van der Waals surface area (Å²) in [6.45, 7) is 10.3. The molecule has 10 nitrogen and oxygen atoms in total. The van der Waals surface area contributed by atoms with Crippen LogP contribution in [0.3, 0.4) is 0 Å². The van der Waals surface area contributed by atoms with Gasteiger partial charge in [-0.15, -0.1) is 0 Å². The molecule has 0 saturated carbocycles. The van der Waals surface area contributed by atoms with E-state index in [1.54, 1.807) is 11.0 Å². The van der Waals surface area contributed by atoms with Crippen LogP contribution in [0.1, 0.15) is 18.9 Å². The van der Waals surface area contributed by atoms with Gasteiger partial charge in [-0.3, -0.25) is 9.69 Å². The Morgan fingerprint density at radius 1 is 1.18 bits per heavy atom. The molecule has 14 heteroatoms. The second-order valence-electron chi connectivity index (χ2n) is 11.5. The lowest BCUT2D eigenvalue weighted by Crippen LogP contribution is -2.52. The zero-order valence-electron chi connectivity index (χ0n) is 24.2. The third-order valence-electron chi connectivity index (χ3n) is 8.45. The molecule has 3 saturated heterocycles. The van der Waals surface area contributed by atoms with E-state index in [1.165, 1.54) is 12.1 Å². The third-order valence-corrected chi connectivity index (χ3v) is 8.76. The molecule has 44 heavy (non-hydrogen) atoms. The summed E-state index contributed by atoms with van der Waals surface area (Å²) in [5.74, 6) is 0.793. The van der Waals surface area contributed by atoms with Gasteiger partial charge in [0.25, 0.3) is 0 Å². The first-order valence-corrected chi connectivity index (χ1v) is 14.9. The largest absolute Gasteiger partial charge is 0.462 e. The number of alkyl halides is 3. The molecule has 3 aromatic rings. The molecule has 1 unspecified atom stereocenters. The van der Waals surface area contributed by atoms with Crippen LogP contribution in [0.5, 0.6) is 6.01 Å².